The molecule has 1 aliphatic carbocycles. The Kier molecular flexibility index (Phi) is 1.64. The van der Waals surface area contributed by atoms with Crippen LogP contribution in [0.3, 0.4) is 0 Å². The van der Waals surface area contributed by atoms with Crippen LogP contribution in [0.4, 0.5) is 5.82 Å². The van der Waals surface area contributed by atoms with Crippen molar-refractivity contribution in [1.82, 2.24) is 9.78 Å². The van der Waals surface area contributed by atoms with E-state index < -0.39 is 0 Å². The van der Waals surface area contributed by atoms with E-state index in [1.807, 2.05) is 0 Å². The lowest BCUT2D eigenvalue weighted by molar-refractivity contribution is 0.442. The van der Waals surface area contributed by atoms with E-state index in [1.54, 1.807) is 0 Å². The summed E-state index contributed by atoms with van der Waals surface area (Å²) in [4.78, 5) is 0. The maximum atomic E-state index is 4.67. The summed E-state index contributed by atoms with van der Waals surface area (Å²) in [7, 11) is 0. The van der Waals surface area contributed by atoms with Gasteiger partial charge in [0.25, 0.3) is 0 Å². The summed E-state index contributed by atoms with van der Waals surface area (Å²) >= 11 is 0. The van der Waals surface area contributed by atoms with Crippen LogP contribution in [0.5, 0.6) is 0 Å². The molecule has 1 aromatic heterocycles. The molecule has 1 fully saturated rings. The fourth-order valence-corrected chi connectivity index (χ4v) is 2.27. The zero-order valence-electron chi connectivity index (χ0n) is 8.83. The highest BCUT2D eigenvalue weighted by molar-refractivity contribution is 5.40. The molecule has 1 saturated carbocycles. The van der Waals surface area contributed by atoms with Crippen molar-refractivity contribution in [3.05, 3.63) is 11.8 Å². The lowest BCUT2D eigenvalue weighted by Gasteiger charge is -2.21. The lowest BCUT2D eigenvalue weighted by atomic mass is 10.1. The van der Waals surface area contributed by atoms with Gasteiger partial charge in [0.1, 0.15) is 5.82 Å². The van der Waals surface area contributed by atoms with E-state index in [2.05, 4.69) is 35.0 Å². The van der Waals surface area contributed by atoms with Crippen molar-refractivity contribution in [2.45, 2.75) is 32.7 Å². The van der Waals surface area contributed by atoms with Crippen LogP contribution in [0, 0.1) is 11.8 Å². The predicted octanol–water partition coefficient (Wildman–Crippen LogP) is 2.07. The second kappa shape index (κ2) is 2.75. The second-order valence-electron chi connectivity index (χ2n) is 4.94. The number of nitrogens with one attached hydrogen (secondary N) is 1. The molecule has 2 heterocycles. The molecule has 1 aliphatic heterocycles. The van der Waals surface area contributed by atoms with Gasteiger partial charge in [0, 0.05) is 25.1 Å². The Morgan fingerprint density at radius 3 is 3.00 bits per heavy atom. The molecule has 0 aromatic carbocycles. The van der Waals surface area contributed by atoms with Crippen LogP contribution < -0.4 is 5.32 Å². The van der Waals surface area contributed by atoms with Crippen LogP contribution in [-0.4, -0.2) is 16.3 Å². The summed E-state index contributed by atoms with van der Waals surface area (Å²) in [6.45, 7) is 6.73. The summed E-state index contributed by atoms with van der Waals surface area (Å²) < 4.78 is 2.13. The van der Waals surface area contributed by atoms with Gasteiger partial charge in [-0.1, -0.05) is 13.8 Å². The normalized spacial score (nSPS) is 34.9. The number of anilines is 1. The summed E-state index contributed by atoms with van der Waals surface area (Å²) in [5.41, 5.74) is 1.30. The van der Waals surface area contributed by atoms with Gasteiger partial charge in [-0.2, -0.15) is 5.10 Å². The van der Waals surface area contributed by atoms with Crippen molar-refractivity contribution >= 4 is 5.82 Å². The Bertz CT molecular complexity index is 355. The van der Waals surface area contributed by atoms with E-state index >= 15 is 0 Å². The van der Waals surface area contributed by atoms with E-state index in [0.717, 1.165) is 24.9 Å². The average Bonchev–Trinajstić information content (AvgIpc) is 2.75. The summed E-state index contributed by atoms with van der Waals surface area (Å²) in [5.74, 6) is 3.51. The number of hydrogen-bond donors (Lipinski definition) is 1. The van der Waals surface area contributed by atoms with Crippen LogP contribution in [-0.2, 0) is 6.54 Å². The number of aromatic nitrogens is 2. The van der Waals surface area contributed by atoms with Crippen molar-refractivity contribution in [3.8, 4) is 0 Å². The fourth-order valence-electron chi connectivity index (χ4n) is 2.27. The Labute approximate surface area is 84.5 Å². The maximum absolute atomic E-state index is 4.67. The zero-order valence-corrected chi connectivity index (χ0v) is 8.83. The lowest BCUT2D eigenvalue weighted by Crippen LogP contribution is -2.25. The SMILES string of the molecule is CC1CNc2cc(C3CC3C)nn2C1. The first-order valence-corrected chi connectivity index (χ1v) is 5.55. The molecule has 3 unspecified atom stereocenters. The quantitative estimate of drug-likeness (QED) is 0.736. The molecule has 3 atom stereocenters. The molecule has 1 N–H and O–H groups in total. The molecule has 0 spiro atoms. The summed E-state index contributed by atoms with van der Waals surface area (Å²) in [5, 5.41) is 8.10. The van der Waals surface area contributed by atoms with Gasteiger partial charge in [-0.15, -0.1) is 0 Å². The highest BCUT2D eigenvalue weighted by Crippen LogP contribution is 2.46. The first kappa shape index (κ1) is 8.33. The monoisotopic (exact) mass is 191 g/mol. The van der Waals surface area contributed by atoms with E-state index in [1.165, 1.54) is 17.9 Å². The van der Waals surface area contributed by atoms with E-state index in [-0.39, 0.29) is 0 Å². The minimum Gasteiger partial charge on any atom is -0.370 e. The molecular weight excluding hydrogens is 174 g/mol. The van der Waals surface area contributed by atoms with Crippen LogP contribution in [0.2, 0.25) is 0 Å². The van der Waals surface area contributed by atoms with Crippen LogP contribution >= 0.6 is 0 Å². The highest BCUT2D eigenvalue weighted by atomic mass is 15.3. The molecule has 0 amide bonds. The first-order chi connectivity index (χ1) is 6.74. The fraction of sp³-hybridized carbons (Fsp3) is 0.727. The summed E-state index contributed by atoms with van der Waals surface area (Å²) in [6.07, 6.45) is 1.33. The van der Waals surface area contributed by atoms with Crippen molar-refractivity contribution in [2.75, 3.05) is 11.9 Å². The third kappa shape index (κ3) is 1.22. The Balaban J connectivity index is 1.88. The first-order valence-electron chi connectivity index (χ1n) is 5.55. The summed E-state index contributed by atoms with van der Waals surface area (Å²) in [6, 6.07) is 2.24. The number of nitrogens with zero attached hydrogens (tertiary/aromatic N) is 2. The molecule has 3 heteroatoms. The van der Waals surface area contributed by atoms with Gasteiger partial charge >= 0.3 is 0 Å². The predicted molar refractivity (Wildman–Crippen MR) is 56.4 cm³/mol. The van der Waals surface area contributed by atoms with Gasteiger partial charge in [-0.3, -0.25) is 0 Å². The van der Waals surface area contributed by atoms with E-state index in [0.29, 0.717) is 5.92 Å². The largest absolute Gasteiger partial charge is 0.370 e. The Hall–Kier alpha value is -0.990. The minimum atomic E-state index is 0.701. The maximum Gasteiger partial charge on any atom is 0.124 e. The molecule has 14 heavy (non-hydrogen) atoms. The Morgan fingerprint density at radius 1 is 1.50 bits per heavy atom. The van der Waals surface area contributed by atoms with Gasteiger partial charge in [0.15, 0.2) is 0 Å². The average molecular weight is 191 g/mol. The molecular formula is C11H17N3. The molecule has 3 rings (SSSR count). The van der Waals surface area contributed by atoms with Crippen molar-refractivity contribution in [1.29, 1.82) is 0 Å². The number of rotatable bonds is 1. The van der Waals surface area contributed by atoms with Crippen LogP contribution in [0.1, 0.15) is 31.9 Å². The second-order valence-corrected chi connectivity index (χ2v) is 4.94. The molecule has 0 radical (unpaired) electrons. The smallest absolute Gasteiger partial charge is 0.124 e. The Morgan fingerprint density at radius 2 is 2.29 bits per heavy atom. The van der Waals surface area contributed by atoms with Crippen molar-refractivity contribution in [3.63, 3.8) is 0 Å². The standard InChI is InChI=1S/C11H17N3/c1-7-5-12-11-4-10(9-3-8(9)2)13-14(11)6-7/h4,7-9,12H,3,5-6H2,1-2H3. The van der Waals surface area contributed by atoms with Crippen molar-refractivity contribution < 1.29 is 0 Å². The van der Waals surface area contributed by atoms with Gasteiger partial charge in [0.2, 0.25) is 0 Å². The minimum absolute atomic E-state index is 0.701. The number of hydrogen-bond acceptors (Lipinski definition) is 2. The van der Waals surface area contributed by atoms with Gasteiger partial charge in [0.05, 0.1) is 5.69 Å². The third-order valence-electron chi connectivity index (χ3n) is 3.40. The third-order valence-corrected chi connectivity index (χ3v) is 3.40. The molecule has 1 aromatic rings. The zero-order chi connectivity index (χ0) is 9.71. The van der Waals surface area contributed by atoms with Crippen LogP contribution in [0.25, 0.3) is 0 Å². The highest BCUT2D eigenvalue weighted by Gasteiger charge is 2.36. The topological polar surface area (TPSA) is 29.9 Å². The van der Waals surface area contributed by atoms with Crippen molar-refractivity contribution in [2.24, 2.45) is 11.8 Å². The molecule has 2 aliphatic rings. The number of fused-ring (bicyclic) bond motifs is 1. The molecule has 76 valence electrons. The van der Waals surface area contributed by atoms with Gasteiger partial charge < -0.3 is 5.32 Å². The molecule has 0 bridgehead atoms. The molecule has 3 nitrogen and oxygen atoms in total. The van der Waals surface area contributed by atoms with E-state index in [9.17, 15) is 0 Å². The van der Waals surface area contributed by atoms with Crippen LogP contribution in [0.15, 0.2) is 6.07 Å². The van der Waals surface area contributed by atoms with E-state index in [4.69, 9.17) is 0 Å². The molecule has 0 saturated heterocycles. The van der Waals surface area contributed by atoms with Gasteiger partial charge in [-0.05, 0) is 18.3 Å². The van der Waals surface area contributed by atoms with Gasteiger partial charge in [-0.25, -0.2) is 4.68 Å².